The molecular formula is C11H16N2O. The SMILES string of the molecule is CC1(C)CN(c2ccnc(CO)c2)C1. The topological polar surface area (TPSA) is 36.4 Å². The molecule has 76 valence electrons. The van der Waals surface area contributed by atoms with Crippen LogP contribution in [0.2, 0.25) is 0 Å². The van der Waals surface area contributed by atoms with Crippen LogP contribution in [0, 0.1) is 5.41 Å². The maximum Gasteiger partial charge on any atom is 0.0853 e. The standard InChI is InChI=1S/C11H16N2O/c1-11(2)7-13(8-11)10-3-4-12-9(5-10)6-14/h3-5,14H,6-8H2,1-2H3. The third kappa shape index (κ3) is 1.73. The Morgan fingerprint density at radius 3 is 2.79 bits per heavy atom. The highest BCUT2D eigenvalue weighted by Gasteiger charge is 2.34. The first-order valence-corrected chi connectivity index (χ1v) is 4.91. The molecule has 0 aliphatic carbocycles. The molecule has 2 heterocycles. The normalized spacial score (nSPS) is 19.2. The van der Waals surface area contributed by atoms with Crippen molar-refractivity contribution in [3.05, 3.63) is 24.0 Å². The fourth-order valence-corrected chi connectivity index (χ4v) is 1.92. The highest BCUT2D eigenvalue weighted by molar-refractivity contribution is 5.49. The summed E-state index contributed by atoms with van der Waals surface area (Å²) in [6, 6.07) is 3.95. The number of aromatic nitrogens is 1. The van der Waals surface area contributed by atoms with E-state index in [-0.39, 0.29) is 6.61 Å². The quantitative estimate of drug-likeness (QED) is 0.770. The summed E-state index contributed by atoms with van der Waals surface area (Å²) in [5.74, 6) is 0. The van der Waals surface area contributed by atoms with Gasteiger partial charge in [-0.2, -0.15) is 0 Å². The first-order valence-electron chi connectivity index (χ1n) is 4.91. The molecule has 0 radical (unpaired) electrons. The average Bonchev–Trinajstić information content (AvgIpc) is 2.14. The molecule has 0 amide bonds. The Balaban J connectivity index is 2.11. The Kier molecular flexibility index (Phi) is 2.19. The summed E-state index contributed by atoms with van der Waals surface area (Å²) in [5, 5.41) is 8.96. The zero-order valence-electron chi connectivity index (χ0n) is 8.70. The summed E-state index contributed by atoms with van der Waals surface area (Å²) in [6.07, 6.45) is 1.76. The fourth-order valence-electron chi connectivity index (χ4n) is 1.92. The molecular weight excluding hydrogens is 176 g/mol. The van der Waals surface area contributed by atoms with Gasteiger partial charge in [-0.3, -0.25) is 4.98 Å². The van der Waals surface area contributed by atoms with Gasteiger partial charge in [-0.05, 0) is 17.5 Å². The molecule has 1 aromatic rings. The van der Waals surface area contributed by atoms with Crippen LogP contribution in [0.25, 0.3) is 0 Å². The number of aliphatic hydroxyl groups is 1. The van der Waals surface area contributed by atoms with Gasteiger partial charge in [0.05, 0.1) is 12.3 Å². The lowest BCUT2D eigenvalue weighted by Gasteiger charge is -2.47. The lowest BCUT2D eigenvalue weighted by atomic mass is 9.84. The van der Waals surface area contributed by atoms with Crippen molar-refractivity contribution in [2.24, 2.45) is 5.41 Å². The molecule has 0 spiro atoms. The van der Waals surface area contributed by atoms with Gasteiger partial charge in [0.1, 0.15) is 0 Å². The van der Waals surface area contributed by atoms with E-state index in [9.17, 15) is 0 Å². The van der Waals surface area contributed by atoms with Crippen LogP contribution in [0.3, 0.4) is 0 Å². The number of hydrogen-bond acceptors (Lipinski definition) is 3. The second-order valence-corrected chi connectivity index (χ2v) is 4.68. The van der Waals surface area contributed by atoms with Gasteiger partial charge in [0, 0.05) is 25.0 Å². The molecule has 2 rings (SSSR count). The molecule has 0 unspecified atom stereocenters. The van der Waals surface area contributed by atoms with Gasteiger partial charge in [-0.25, -0.2) is 0 Å². The predicted octanol–water partition coefficient (Wildman–Crippen LogP) is 1.42. The molecule has 1 fully saturated rings. The monoisotopic (exact) mass is 192 g/mol. The highest BCUT2D eigenvalue weighted by Crippen LogP contribution is 2.33. The van der Waals surface area contributed by atoms with E-state index in [1.807, 2.05) is 12.1 Å². The van der Waals surface area contributed by atoms with Gasteiger partial charge in [0.2, 0.25) is 0 Å². The van der Waals surface area contributed by atoms with Crippen LogP contribution in [-0.4, -0.2) is 23.2 Å². The lowest BCUT2D eigenvalue weighted by Crippen LogP contribution is -2.53. The van der Waals surface area contributed by atoms with Crippen molar-refractivity contribution in [1.82, 2.24) is 4.98 Å². The van der Waals surface area contributed by atoms with Crippen molar-refractivity contribution in [3.8, 4) is 0 Å². The summed E-state index contributed by atoms with van der Waals surface area (Å²) in [6.45, 7) is 6.71. The van der Waals surface area contributed by atoms with Gasteiger partial charge in [0.15, 0.2) is 0 Å². The van der Waals surface area contributed by atoms with Crippen LogP contribution in [0.5, 0.6) is 0 Å². The summed E-state index contributed by atoms with van der Waals surface area (Å²) >= 11 is 0. The molecule has 0 atom stereocenters. The van der Waals surface area contributed by atoms with E-state index in [0.29, 0.717) is 5.41 Å². The van der Waals surface area contributed by atoms with Gasteiger partial charge < -0.3 is 10.0 Å². The minimum Gasteiger partial charge on any atom is -0.390 e. The minimum absolute atomic E-state index is 0.0189. The minimum atomic E-state index is 0.0189. The Morgan fingerprint density at radius 2 is 2.21 bits per heavy atom. The van der Waals surface area contributed by atoms with Crippen LogP contribution < -0.4 is 4.90 Å². The van der Waals surface area contributed by atoms with Crippen LogP contribution in [0.15, 0.2) is 18.3 Å². The maximum absolute atomic E-state index is 8.96. The molecule has 1 aromatic heterocycles. The van der Waals surface area contributed by atoms with E-state index in [2.05, 4.69) is 23.7 Å². The van der Waals surface area contributed by atoms with E-state index in [4.69, 9.17) is 5.11 Å². The van der Waals surface area contributed by atoms with E-state index in [1.54, 1.807) is 6.20 Å². The molecule has 14 heavy (non-hydrogen) atoms. The molecule has 1 aliphatic heterocycles. The lowest BCUT2D eigenvalue weighted by molar-refractivity contribution is 0.272. The zero-order chi connectivity index (χ0) is 10.2. The second kappa shape index (κ2) is 3.24. The Labute approximate surface area is 84.4 Å². The van der Waals surface area contributed by atoms with E-state index in [1.165, 1.54) is 5.69 Å². The Bertz CT molecular complexity index is 328. The van der Waals surface area contributed by atoms with Crippen molar-refractivity contribution in [2.45, 2.75) is 20.5 Å². The van der Waals surface area contributed by atoms with Crippen molar-refractivity contribution < 1.29 is 5.11 Å². The van der Waals surface area contributed by atoms with Gasteiger partial charge in [-0.1, -0.05) is 13.8 Å². The molecule has 0 bridgehead atoms. The van der Waals surface area contributed by atoms with Gasteiger partial charge in [0.25, 0.3) is 0 Å². The maximum atomic E-state index is 8.96. The molecule has 1 aliphatic rings. The number of aliphatic hydroxyl groups excluding tert-OH is 1. The Hall–Kier alpha value is -1.09. The molecule has 1 N–H and O–H groups in total. The fraction of sp³-hybridized carbons (Fsp3) is 0.545. The van der Waals surface area contributed by atoms with E-state index < -0.39 is 0 Å². The number of rotatable bonds is 2. The van der Waals surface area contributed by atoms with Crippen molar-refractivity contribution in [1.29, 1.82) is 0 Å². The second-order valence-electron chi connectivity index (χ2n) is 4.68. The average molecular weight is 192 g/mol. The van der Waals surface area contributed by atoms with Crippen molar-refractivity contribution in [2.75, 3.05) is 18.0 Å². The molecule has 0 saturated carbocycles. The van der Waals surface area contributed by atoms with Crippen molar-refractivity contribution in [3.63, 3.8) is 0 Å². The van der Waals surface area contributed by atoms with E-state index in [0.717, 1.165) is 18.8 Å². The van der Waals surface area contributed by atoms with E-state index >= 15 is 0 Å². The smallest absolute Gasteiger partial charge is 0.0853 e. The van der Waals surface area contributed by atoms with Crippen LogP contribution in [0.1, 0.15) is 19.5 Å². The predicted molar refractivity (Wildman–Crippen MR) is 56.2 cm³/mol. The summed E-state index contributed by atoms with van der Waals surface area (Å²) < 4.78 is 0. The molecule has 3 nitrogen and oxygen atoms in total. The Morgan fingerprint density at radius 1 is 1.50 bits per heavy atom. The van der Waals surface area contributed by atoms with Crippen molar-refractivity contribution >= 4 is 5.69 Å². The zero-order valence-corrected chi connectivity index (χ0v) is 8.70. The van der Waals surface area contributed by atoms with Gasteiger partial charge >= 0.3 is 0 Å². The number of anilines is 1. The third-order valence-corrected chi connectivity index (χ3v) is 2.57. The molecule has 1 saturated heterocycles. The molecule has 0 aromatic carbocycles. The first kappa shape index (κ1) is 9.46. The highest BCUT2D eigenvalue weighted by atomic mass is 16.3. The number of hydrogen-bond donors (Lipinski definition) is 1. The summed E-state index contributed by atoms with van der Waals surface area (Å²) in [5.41, 5.74) is 2.35. The van der Waals surface area contributed by atoms with Crippen LogP contribution in [-0.2, 0) is 6.61 Å². The molecule has 3 heteroatoms. The number of pyridine rings is 1. The van der Waals surface area contributed by atoms with Gasteiger partial charge in [-0.15, -0.1) is 0 Å². The third-order valence-electron chi connectivity index (χ3n) is 2.57. The first-order chi connectivity index (χ1) is 6.61. The number of nitrogens with zero attached hydrogens (tertiary/aromatic N) is 2. The summed E-state index contributed by atoms with van der Waals surface area (Å²) in [4.78, 5) is 6.36. The van der Waals surface area contributed by atoms with Crippen LogP contribution in [0.4, 0.5) is 5.69 Å². The van der Waals surface area contributed by atoms with Crippen LogP contribution >= 0.6 is 0 Å². The largest absolute Gasteiger partial charge is 0.390 e. The summed E-state index contributed by atoms with van der Waals surface area (Å²) in [7, 11) is 0.